The molecule has 1 N–H and O–H groups in total. The van der Waals surface area contributed by atoms with Crippen LogP contribution in [0.15, 0.2) is 22.7 Å². The molecule has 6 heteroatoms. The number of nitrogens with one attached hydrogen (secondary N) is 1. The van der Waals surface area contributed by atoms with Crippen LogP contribution in [0.2, 0.25) is 0 Å². The molecule has 6 nitrogen and oxygen atoms in total. The summed E-state index contributed by atoms with van der Waals surface area (Å²) < 4.78 is 17.2. The summed E-state index contributed by atoms with van der Waals surface area (Å²) in [6.07, 6.45) is 3.25. The topological polar surface area (TPSA) is 69.4 Å². The molecule has 134 valence electrons. The third-order valence-electron chi connectivity index (χ3n) is 4.70. The van der Waals surface area contributed by atoms with Gasteiger partial charge in [0.15, 0.2) is 17.3 Å². The second kappa shape index (κ2) is 7.04. The van der Waals surface area contributed by atoms with E-state index < -0.39 is 0 Å². The van der Waals surface area contributed by atoms with Crippen LogP contribution < -0.4 is 14.8 Å². The van der Waals surface area contributed by atoms with Crippen LogP contribution in [0.5, 0.6) is 11.5 Å². The van der Waals surface area contributed by atoms with E-state index in [1.54, 1.807) is 0 Å². The van der Waals surface area contributed by atoms with Crippen molar-refractivity contribution in [2.24, 2.45) is 5.92 Å². The molecule has 1 atom stereocenters. The predicted molar refractivity (Wildman–Crippen MR) is 92.7 cm³/mol. The Kier molecular flexibility index (Phi) is 4.61. The van der Waals surface area contributed by atoms with E-state index in [1.807, 2.05) is 12.1 Å². The molecule has 0 amide bonds. The van der Waals surface area contributed by atoms with E-state index in [4.69, 9.17) is 14.0 Å². The summed E-state index contributed by atoms with van der Waals surface area (Å²) >= 11 is 0. The van der Waals surface area contributed by atoms with Crippen molar-refractivity contribution in [1.82, 2.24) is 15.5 Å². The fraction of sp³-hybridized carbons (Fsp3) is 0.579. The highest BCUT2D eigenvalue weighted by molar-refractivity contribution is 5.47. The van der Waals surface area contributed by atoms with Gasteiger partial charge in [0.1, 0.15) is 0 Å². The van der Waals surface area contributed by atoms with Crippen molar-refractivity contribution >= 4 is 0 Å². The van der Waals surface area contributed by atoms with Crippen molar-refractivity contribution in [2.45, 2.75) is 51.6 Å². The average molecular weight is 343 g/mol. The molecule has 4 rings (SSSR count). The van der Waals surface area contributed by atoms with Crippen LogP contribution in [0.25, 0.3) is 0 Å². The van der Waals surface area contributed by atoms with Crippen LogP contribution in [-0.4, -0.2) is 23.4 Å². The maximum Gasteiger partial charge on any atom is 0.244 e. The van der Waals surface area contributed by atoms with E-state index >= 15 is 0 Å². The summed E-state index contributed by atoms with van der Waals surface area (Å²) in [6.45, 7) is 6.36. The number of fused-ring (bicyclic) bond motifs is 1. The van der Waals surface area contributed by atoms with Crippen molar-refractivity contribution in [3.8, 4) is 11.5 Å². The monoisotopic (exact) mass is 343 g/mol. The Balaban J connectivity index is 1.50. The molecule has 1 unspecified atom stereocenters. The number of hydrogen-bond acceptors (Lipinski definition) is 6. The van der Waals surface area contributed by atoms with Gasteiger partial charge in [0, 0.05) is 24.4 Å². The van der Waals surface area contributed by atoms with Crippen LogP contribution in [0.1, 0.15) is 62.3 Å². The molecule has 2 aromatic rings. The summed E-state index contributed by atoms with van der Waals surface area (Å²) in [5, 5.41) is 7.71. The van der Waals surface area contributed by atoms with Gasteiger partial charge in [-0.25, -0.2) is 0 Å². The Morgan fingerprint density at radius 3 is 2.84 bits per heavy atom. The molecule has 2 heterocycles. The minimum Gasteiger partial charge on any atom is -0.490 e. The number of benzene rings is 1. The molecule has 25 heavy (non-hydrogen) atoms. The molecule has 1 aliphatic heterocycles. The molecule has 1 saturated carbocycles. The molecule has 1 aromatic heterocycles. The lowest BCUT2D eigenvalue weighted by Gasteiger charge is -2.20. The lowest BCUT2D eigenvalue weighted by molar-refractivity contribution is 0.282. The average Bonchev–Trinajstić information content (AvgIpc) is 3.38. The second-order valence-electron chi connectivity index (χ2n) is 7.16. The Morgan fingerprint density at radius 1 is 1.20 bits per heavy atom. The largest absolute Gasteiger partial charge is 0.490 e. The maximum atomic E-state index is 5.91. The highest BCUT2D eigenvalue weighted by atomic mass is 16.5. The zero-order valence-corrected chi connectivity index (χ0v) is 14.8. The summed E-state index contributed by atoms with van der Waals surface area (Å²) in [6, 6.07) is 6.06. The number of aromatic nitrogens is 2. The van der Waals surface area contributed by atoms with Gasteiger partial charge in [0.05, 0.1) is 19.3 Å². The zero-order chi connectivity index (χ0) is 17.2. The van der Waals surface area contributed by atoms with Crippen molar-refractivity contribution in [3.05, 3.63) is 35.5 Å². The summed E-state index contributed by atoms with van der Waals surface area (Å²) in [4.78, 5) is 4.61. The first-order chi connectivity index (χ1) is 12.2. The number of hydrogen-bond donors (Lipinski definition) is 1. The zero-order valence-electron chi connectivity index (χ0n) is 14.8. The van der Waals surface area contributed by atoms with E-state index in [-0.39, 0.29) is 6.04 Å². The molecule has 0 saturated heterocycles. The van der Waals surface area contributed by atoms with Gasteiger partial charge in [0.25, 0.3) is 0 Å². The number of nitrogens with zero attached hydrogens (tertiary/aromatic N) is 2. The molecule has 2 aliphatic rings. The lowest BCUT2D eigenvalue weighted by Crippen LogP contribution is -2.26. The minimum atomic E-state index is 0.0163. The second-order valence-corrected chi connectivity index (χ2v) is 7.16. The first-order valence-corrected chi connectivity index (χ1v) is 9.16. The summed E-state index contributed by atoms with van der Waals surface area (Å²) in [5.74, 6) is 4.04. The van der Waals surface area contributed by atoms with E-state index in [2.05, 4.69) is 35.4 Å². The fourth-order valence-electron chi connectivity index (χ4n) is 3.10. The molecular weight excluding hydrogens is 318 g/mol. The lowest BCUT2D eigenvalue weighted by atomic mass is 10.0. The molecular formula is C19H25N3O3. The predicted octanol–water partition coefficient (Wildman–Crippen LogP) is 3.60. The number of ether oxygens (including phenoxy) is 2. The first-order valence-electron chi connectivity index (χ1n) is 9.16. The fourth-order valence-corrected chi connectivity index (χ4v) is 3.10. The number of para-hydroxylation sites is 1. The quantitative estimate of drug-likeness (QED) is 0.864. The minimum absolute atomic E-state index is 0.0163. The summed E-state index contributed by atoms with van der Waals surface area (Å²) in [7, 11) is 0. The molecule has 0 spiro atoms. The van der Waals surface area contributed by atoms with Crippen LogP contribution in [0.4, 0.5) is 0 Å². The molecule has 1 aliphatic carbocycles. The van der Waals surface area contributed by atoms with Gasteiger partial charge < -0.3 is 19.3 Å². The van der Waals surface area contributed by atoms with Crippen molar-refractivity contribution in [1.29, 1.82) is 0 Å². The highest BCUT2D eigenvalue weighted by Gasteiger charge is 2.31. The van der Waals surface area contributed by atoms with Gasteiger partial charge in [-0.1, -0.05) is 31.1 Å². The van der Waals surface area contributed by atoms with Crippen LogP contribution in [-0.2, 0) is 6.54 Å². The standard InChI is InChI=1S/C19H25N3O3/c1-12(2)16(19-21-18(22-25-19)13-7-8-13)20-11-14-5-3-6-15-17(14)24-10-4-9-23-15/h3,5-6,12-13,16,20H,4,7-11H2,1-2H3. The Bertz CT molecular complexity index is 724. The van der Waals surface area contributed by atoms with Crippen LogP contribution >= 0.6 is 0 Å². The van der Waals surface area contributed by atoms with Gasteiger partial charge in [0.2, 0.25) is 5.89 Å². The van der Waals surface area contributed by atoms with Gasteiger partial charge in [-0.05, 0) is 24.8 Å². The molecule has 0 radical (unpaired) electrons. The van der Waals surface area contributed by atoms with E-state index in [0.717, 1.165) is 29.3 Å². The number of rotatable bonds is 6. The van der Waals surface area contributed by atoms with E-state index in [9.17, 15) is 0 Å². The molecule has 1 aromatic carbocycles. The van der Waals surface area contributed by atoms with Crippen molar-refractivity contribution < 1.29 is 14.0 Å². The smallest absolute Gasteiger partial charge is 0.244 e. The molecule has 0 bridgehead atoms. The van der Waals surface area contributed by atoms with Gasteiger partial charge in [-0.15, -0.1) is 0 Å². The van der Waals surface area contributed by atoms with Gasteiger partial charge in [-0.2, -0.15) is 4.98 Å². The highest BCUT2D eigenvalue weighted by Crippen LogP contribution is 2.39. The SMILES string of the molecule is CC(C)C(NCc1cccc2c1OCCCO2)c1nc(C2CC2)no1. The maximum absolute atomic E-state index is 5.91. The Morgan fingerprint density at radius 2 is 2.04 bits per heavy atom. The Labute approximate surface area is 147 Å². The molecule has 1 fully saturated rings. The Hall–Kier alpha value is -2.08. The third-order valence-corrected chi connectivity index (χ3v) is 4.70. The van der Waals surface area contributed by atoms with Crippen molar-refractivity contribution in [3.63, 3.8) is 0 Å². The van der Waals surface area contributed by atoms with Gasteiger partial charge in [-0.3, -0.25) is 0 Å². The van der Waals surface area contributed by atoms with E-state index in [0.29, 0.717) is 37.5 Å². The van der Waals surface area contributed by atoms with Gasteiger partial charge >= 0.3 is 0 Å². The van der Waals surface area contributed by atoms with E-state index in [1.165, 1.54) is 12.8 Å². The normalized spacial score (nSPS) is 18.2. The van der Waals surface area contributed by atoms with Crippen LogP contribution in [0, 0.1) is 5.92 Å². The van der Waals surface area contributed by atoms with Crippen molar-refractivity contribution in [2.75, 3.05) is 13.2 Å². The first kappa shape index (κ1) is 16.4. The summed E-state index contributed by atoms with van der Waals surface area (Å²) in [5.41, 5.74) is 1.09. The van der Waals surface area contributed by atoms with Crippen LogP contribution in [0.3, 0.4) is 0 Å². The third kappa shape index (κ3) is 3.63.